The van der Waals surface area contributed by atoms with Crippen molar-refractivity contribution >= 4 is 52.0 Å². The molecule has 124 valence electrons. The second kappa shape index (κ2) is 7.33. The van der Waals surface area contributed by atoms with Gasteiger partial charge < -0.3 is 9.15 Å². The number of thiocarbonyl (C=S) groups is 1. The van der Waals surface area contributed by atoms with Crippen molar-refractivity contribution < 1.29 is 18.3 Å². The van der Waals surface area contributed by atoms with Gasteiger partial charge in [0.05, 0.1) is 17.0 Å². The monoisotopic (exact) mass is 384 g/mol. The summed E-state index contributed by atoms with van der Waals surface area (Å²) in [6.45, 7) is 0.146. The van der Waals surface area contributed by atoms with E-state index in [2.05, 4.69) is 5.10 Å². The number of carbonyl (C=O) groups excluding carboxylic acids is 1. The SMILES string of the molecule is O=C1CSC(=S)N1N=Cc1ccc(COc2ccc(F)c(Cl)c2)o1. The van der Waals surface area contributed by atoms with Crippen LogP contribution in [0.1, 0.15) is 11.5 Å². The van der Waals surface area contributed by atoms with Gasteiger partial charge in [0.25, 0.3) is 5.91 Å². The van der Waals surface area contributed by atoms with Crippen LogP contribution < -0.4 is 4.74 Å². The molecule has 5 nitrogen and oxygen atoms in total. The number of benzene rings is 1. The van der Waals surface area contributed by atoms with Crippen LogP contribution in [0.25, 0.3) is 0 Å². The van der Waals surface area contributed by atoms with Crippen LogP contribution in [0.15, 0.2) is 39.9 Å². The molecule has 9 heteroatoms. The lowest BCUT2D eigenvalue weighted by atomic mass is 10.3. The minimum Gasteiger partial charge on any atom is -0.486 e. The summed E-state index contributed by atoms with van der Waals surface area (Å²) in [7, 11) is 0. The van der Waals surface area contributed by atoms with Crippen LogP contribution in [0.2, 0.25) is 5.02 Å². The minimum atomic E-state index is -0.506. The molecule has 1 amide bonds. The van der Waals surface area contributed by atoms with E-state index < -0.39 is 5.82 Å². The van der Waals surface area contributed by atoms with E-state index in [0.29, 0.717) is 27.3 Å². The Hall–Kier alpha value is -1.90. The third kappa shape index (κ3) is 3.95. The van der Waals surface area contributed by atoms with Gasteiger partial charge in [0.15, 0.2) is 4.32 Å². The summed E-state index contributed by atoms with van der Waals surface area (Å²) in [6, 6.07) is 7.50. The molecular weight excluding hydrogens is 375 g/mol. The zero-order chi connectivity index (χ0) is 17.1. The number of hydrazone groups is 1. The van der Waals surface area contributed by atoms with Crippen molar-refractivity contribution in [2.75, 3.05) is 5.75 Å². The average molecular weight is 385 g/mol. The fraction of sp³-hybridized carbons (Fsp3) is 0.133. The third-order valence-corrected chi connectivity index (χ3v) is 4.61. The molecule has 1 aliphatic rings. The first kappa shape index (κ1) is 16.9. The Morgan fingerprint density at radius 3 is 3.00 bits per heavy atom. The number of nitrogens with zero attached hydrogens (tertiary/aromatic N) is 2. The second-order valence-electron chi connectivity index (χ2n) is 4.67. The lowest BCUT2D eigenvalue weighted by Gasteiger charge is -2.05. The molecule has 1 aromatic carbocycles. The van der Waals surface area contributed by atoms with Gasteiger partial charge in [-0.25, -0.2) is 4.39 Å². The largest absolute Gasteiger partial charge is 0.486 e. The summed E-state index contributed by atoms with van der Waals surface area (Å²) in [5.74, 6) is 1.06. The van der Waals surface area contributed by atoms with Crippen molar-refractivity contribution in [2.45, 2.75) is 6.61 Å². The average Bonchev–Trinajstić information content (AvgIpc) is 3.14. The number of carbonyl (C=O) groups is 1. The van der Waals surface area contributed by atoms with Crippen LogP contribution in [-0.4, -0.2) is 27.2 Å². The highest BCUT2D eigenvalue weighted by Gasteiger charge is 2.26. The van der Waals surface area contributed by atoms with Gasteiger partial charge in [-0.05, 0) is 24.3 Å². The third-order valence-electron chi connectivity index (χ3n) is 2.98. The fourth-order valence-electron chi connectivity index (χ4n) is 1.84. The van der Waals surface area contributed by atoms with Gasteiger partial charge in [-0.1, -0.05) is 35.6 Å². The molecule has 1 aliphatic heterocycles. The molecule has 1 saturated heterocycles. The zero-order valence-electron chi connectivity index (χ0n) is 12.1. The summed E-state index contributed by atoms with van der Waals surface area (Å²) in [4.78, 5) is 11.5. The second-order valence-corrected chi connectivity index (χ2v) is 6.69. The van der Waals surface area contributed by atoms with Crippen molar-refractivity contribution in [1.82, 2.24) is 5.01 Å². The standard InChI is InChI=1S/C15H10ClFN2O3S2/c16-12-5-9(3-4-13(12)17)21-7-11-2-1-10(22-11)6-18-19-14(20)8-24-15(19)23/h1-6H,7-8H2. The van der Waals surface area contributed by atoms with E-state index in [9.17, 15) is 9.18 Å². The van der Waals surface area contributed by atoms with Gasteiger partial charge in [-0.2, -0.15) is 10.1 Å². The molecule has 24 heavy (non-hydrogen) atoms. The maximum atomic E-state index is 13.1. The number of hydrogen-bond acceptors (Lipinski definition) is 6. The number of thioether (sulfide) groups is 1. The first-order chi connectivity index (χ1) is 11.5. The lowest BCUT2D eigenvalue weighted by molar-refractivity contribution is -0.123. The van der Waals surface area contributed by atoms with Gasteiger partial charge in [0, 0.05) is 6.07 Å². The molecule has 0 bridgehead atoms. The van der Waals surface area contributed by atoms with Crippen molar-refractivity contribution in [3.8, 4) is 5.75 Å². The molecule has 0 unspecified atom stereocenters. The zero-order valence-corrected chi connectivity index (χ0v) is 14.5. The number of hydrogen-bond donors (Lipinski definition) is 0. The molecular formula is C15H10ClFN2O3S2. The number of amides is 1. The molecule has 0 aliphatic carbocycles. The van der Waals surface area contributed by atoms with E-state index in [-0.39, 0.29) is 17.5 Å². The molecule has 2 aromatic rings. The number of ether oxygens (including phenoxy) is 1. The highest BCUT2D eigenvalue weighted by Crippen LogP contribution is 2.22. The molecule has 0 saturated carbocycles. The highest BCUT2D eigenvalue weighted by molar-refractivity contribution is 8.23. The van der Waals surface area contributed by atoms with Crippen LogP contribution in [0.5, 0.6) is 5.75 Å². The fourth-order valence-corrected chi connectivity index (χ4v) is 2.97. The predicted octanol–water partition coefficient (Wildman–Crippen LogP) is 3.85. The van der Waals surface area contributed by atoms with Gasteiger partial charge in [0.2, 0.25) is 0 Å². The molecule has 0 spiro atoms. The highest BCUT2D eigenvalue weighted by atomic mass is 35.5. The molecule has 2 heterocycles. The van der Waals surface area contributed by atoms with E-state index in [1.165, 1.54) is 41.2 Å². The lowest BCUT2D eigenvalue weighted by Crippen LogP contribution is -2.22. The maximum absolute atomic E-state index is 13.1. The van der Waals surface area contributed by atoms with E-state index in [1.54, 1.807) is 12.1 Å². The predicted molar refractivity (Wildman–Crippen MR) is 93.9 cm³/mol. The summed E-state index contributed by atoms with van der Waals surface area (Å²) in [5.41, 5.74) is 0. The van der Waals surface area contributed by atoms with Gasteiger partial charge in [-0.3, -0.25) is 4.79 Å². The molecule has 0 radical (unpaired) electrons. The van der Waals surface area contributed by atoms with Crippen LogP contribution >= 0.6 is 35.6 Å². The van der Waals surface area contributed by atoms with Gasteiger partial charge >= 0.3 is 0 Å². The number of rotatable bonds is 5. The van der Waals surface area contributed by atoms with Crippen molar-refractivity contribution in [3.63, 3.8) is 0 Å². The summed E-state index contributed by atoms with van der Waals surface area (Å²) in [6.07, 6.45) is 1.41. The molecule has 1 fully saturated rings. The Labute approximate surface area is 151 Å². The Morgan fingerprint density at radius 2 is 2.29 bits per heavy atom. The topological polar surface area (TPSA) is 55.0 Å². The van der Waals surface area contributed by atoms with Crippen LogP contribution in [0.3, 0.4) is 0 Å². The Morgan fingerprint density at radius 1 is 1.46 bits per heavy atom. The summed E-state index contributed by atoms with van der Waals surface area (Å²) >= 11 is 12.0. The molecule has 0 atom stereocenters. The van der Waals surface area contributed by atoms with E-state index >= 15 is 0 Å². The molecule has 1 aromatic heterocycles. The van der Waals surface area contributed by atoms with Crippen molar-refractivity contribution in [3.05, 3.63) is 52.7 Å². The number of halogens is 2. The summed E-state index contributed by atoms with van der Waals surface area (Å²) < 4.78 is 24.5. The van der Waals surface area contributed by atoms with Crippen molar-refractivity contribution in [1.29, 1.82) is 0 Å². The van der Waals surface area contributed by atoms with Crippen LogP contribution in [0.4, 0.5) is 4.39 Å². The van der Waals surface area contributed by atoms with E-state index in [0.717, 1.165) is 0 Å². The van der Waals surface area contributed by atoms with E-state index in [1.807, 2.05) is 0 Å². The minimum absolute atomic E-state index is 0.0103. The Bertz CT molecular complexity index is 809. The quantitative estimate of drug-likeness (QED) is 0.579. The maximum Gasteiger partial charge on any atom is 0.259 e. The molecule has 0 N–H and O–H groups in total. The Balaban J connectivity index is 1.60. The van der Waals surface area contributed by atoms with Crippen LogP contribution in [0, 0.1) is 5.82 Å². The van der Waals surface area contributed by atoms with Gasteiger partial charge in [-0.15, -0.1) is 0 Å². The van der Waals surface area contributed by atoms with Gasteiger partial charge in [0.1, 0.15) is 29.7 Å². The number of furan rings is 1. The first-order valence-electron chi connectivity index (χ1n) is 6.73. The normalized spacial score (nSPS) is 14.8. The summed E-state index contributed by atoms with van der Waals surface area (Å²) in [5, 5.41) is 5.17. The Kier molecular flexibility index (Phi) is 5.17. The van der Waals surface area contributed by atoms with Crippen LogP contribution in [-0.2, 0) is 11.4 Å². The van der Waals surface area contributed by atoms with E-state index in [4.69, 9.17) is 33.0 Å². The van der Waals surface area contributed by atoms with Crippen molar-refractivity contribution in [2.24, 2.45) is 5.10 Å². The smallest absolute Gasteiger partial charge is 0.259 e. The first-order valence-corrected chi connectivity index (χ1v) is 8.50. The molecule has 3 rings (SSSR count).